The Morgan fingerprint density at radius 1 is 1.00 bits per heavy atom. The highest BCUT2D eigenvalue weighted by Gasteiger charge is 2.28. The second-order valence-corrected chi connectivity index (χ2v) is 7.76. The third-order valence-electron chi connectivity index (χ3n) is 5.34. The molecule has 0 fully saturated rings. The van der Waals surface area contributed by atoms with Crippen LogP contribution in [0.3, 0.4) is 0 Å². The molecule has 1 N–H and O–H groups in total. The van der Waals surface area contributed by atoms with Gasteiger partial charge in [-0.2, -0.15) is 0 Å². The lowest BCUT2D eigenvalue weighted by molar-refractivity contribution is -0.142. The van der Waals surface area contributed by atoms with Gasteiger partial charge in [0.25, 0.3) is 0 Å². The molecule has 0 aliphatic rings. The third kappa shape index (κ3) is 7.10. The van der Waals surface area contributed by atoms with Crippen molar-refractivity contribution >= 4 is 17.9 Å². The summed E-state index contributed by atoms with van der Waals surface area (Å²) < 4.78 is 16.5. The van der Waals surface area contributed by atoms with Gasteiger partial charge in [0.2, 0.25) is 0 Å². The molecule has 0 bridgehead atoms. The Balaban J connectivity index is 1.61. The van der Waals surface area contributed by atoms with Gasteiger partial charge in [-0.15, -0.1) is 0 Å². The third-order valence-corrected chi connectivity index (χ3v) is 5.34. The Kier molecular flexibility index (Phi) is 8.89. The van der Waals surface area contributed by atoms with Crippen molar-refractivity contribution < 1.29 is 28.9 Å². The Morgan fingerprint density at radius 3 is 2.31 bits per heavy atom. The van der Waals surface area contributed by atoms with Crippen LogP contribution in [-0.2, 0) is 11.3 Å². The fourth-order valence-electron chi connectivity index (χ4n) is 3.23. The highest BCUT2D eigenvalue weighted by Crippen LogP contribution is 2.27. The smallest absolute Gasteiger partial charge is 0.416 e. The second kappa shape index (κ2) is 12.3. The monoisotopic (exact) mass is 479 g/mol. The first-order valence-electron chi connectivity index (χ1n) is 11.1. The maximum Gasteiger partial charge on any atom is 0.416 e. The lowest BCUT2D eigenvalue weighted by atomic mass is 10.2. The van der Waals surface area contributed by atoms with Gasteiger partial charge in [-0.3, -0.25) is 4.90 Å². The molecule has 0 spiro atoms. The predicted octanol–water partition coefficient (Wildman–Crippen LogP) is 4.08. The number of likely N-dealkylation sites (N-methyl/N-ethyl adjacent to an activating group) is 1. The number of para-hydroxylation sites is 2. The number of carboxylic acid groups (broad SMARTS) is 1. The van der Waals surface area contributed by atoms with Crippen molar-refractivity contribution in [3.05, 3.63) is 78.5 Å². The number of carboxylic acids is 1. The molecule has 1 amide bonds. The van der Waals surface area contributed by atoms with E-state index in [1.54, 1.807) is 54.7 Å². The topological polar surface area (TPSA) is 101 Å². The molecule has 0 unspecified atom stereocenters. The molecule has 1 aromatic heterocycles. The predicted molar refractivity (Wildman–Crippen MR) is 131 cm³/mol. The number of amides is 1. The first-order chi connectivity index (χ1) is 16.9. The van der Waals surface area contributed by atoms with E-state index in [4.69, 9.17) is 14.2 Å². The highest BCUT2D eigenvalue weighted by atomic mass is 16.6. The molecule has 184 valence electrons. The number of nitrogens with zero attached hydrogens (tertiary/aromatic N) is 3. The summed E-state index contributed by atoms with van der Waals surface area (Å²) in [6.07, 6.45) is 0.953. The van der Waals surface area contributed by atoms with E-state index in [0.29, 0.717) is 24.7 Å². The van der Waals surface area contributed by atoms with Crippen LogP contribution in [0.1, 0.15) is 12.5 Å². The van der Waals surface area contributed by atoms with Gasteiger partial charge in [-0.25, -0.2) is 14.6 Å². The van der Waals surface area contributed by atoms with Crippen LogP contribution in [0, 0.1) is 0 Å². The lowest BCUT2D eigenvalue weighted by Gasteiger charge is -2.26. The number of methoxy groups -OCH3 is 1. The number of benzene rings is 2. The standard InChI is InChI=1S/C26H29N3O6/c1-19(25(30)31)29(26(32)35-23-9-5-4-8-22(23)33-3)18-20-11-13-21(14-12-20)34-17-16-28(2)24-10-6-7-15-27-24/h4-15,19H,16-18H2,1-3H3,(H,30,31)/t19-/m0/s1. The van der Waals surface area contributed by atoms with Crippen LogP contribution < -0.4 is 19.1 Å². The zero-order chi connectivity index (χ0) is 25.2. The van der Waals surface area contributed by atoms with E-state index in [2.05, 4.69) is 4.98 Å². The summed E-state index contributed by atoms with van der Waals surface area (Å²) in [5, 5.41) is 9.51. The van der Waals surface area contributed by atoms with Crippen molar-refractivity contribution in [3.8, 4) is 17.2 Å². The molecule has 9 nitrogen and oxygen atoms in total. The van der Waals surface area contributed by atoms with Crippen molar-refractivity contribution in [1.29, 1.82) is 0 Å². The number of anilines is 1. The summed E-state index contributed by atoms with van der Waals surface area (Å²) in [4.78, 5) is 31.9. The van der Waals surface area contributed by atoms with Crippen LogP contribution >= 0.6 is 0 Å². The number of carbonyl (C=O) groups is 2. The van der Waals surface area contributed by atoms with Crippen molar-refractivity contribution in [2.75, 3.05) is 32.2 Å². The number of hydrogen-bond donors (Lipinski definition) is 1. The molecule has 0 aliphatic carbocycles. The van der Waals surface area contributed by atoms with Gasteiger partial charge in [0.05, 0.1) is 13.7 Å². The molecule has 0 saturated carbocycles. The average Bonchev–Trinajstić information content (AvgIpc) is 2.88. The summed E-state index contributed by atoms with van der Waals surface area (Å²) in [6, 6.07) is 18.4. The van der Waals surface area contributed by atoms with Crippen molar-refractivity contribution in [2.45, 2.75) is 19.5 Å². The summed E-state index contributed by atoms with van der Waals surface area (Å²) in [5.41, 5.74) is 0.730. The van der Waals surface area contributed by atoms with E-state index in [1.807, 2.05) is 30.1 Å². The molecular formula is C26H29N3O6. The summed E-state index contributed by atoms with van der Waals surface area (Å²) in [6.45, 7) is 2.59. The molecule has 35 heavy (non-hydrogen) atoms. The number of pyridine rings is 1. The Hall–Kier alpha value is -4.27. The highest BCUT2D eigenvalue weighted by molar-refractivity contribution is 5.81. The van der Waals surface area contributed by atoms with Crippen molar-refractivity contribution in [1.82, 2.24) is 9.88 Å². The van der Waals surface area contributed by atoms with Crippen LogP contribution in [0.4, 0.5) is 10.6 Å². The Labute approximate surface area is 204 Å². The average molecular weight is 480 g/mol. The van der Waals surface area contributed by atoms with Crippen LogP contribution in [0.25, 0.3) is 0 Å². The van der Waals surface area contributed by atoms with E-state index >= 15 is 0 Å². The van der Waals surface area contributed by atoms with Gasteiger partial charge < -0.3 is 24.2 Å². The fourth-order valence-corrected chi connectivity index (χ4v) is 3.23. The number of ether oxygens (including phenoxy) is 3. The zero-order valence-electron chi connectivity index (χ0n) is 20.0. The molecule has 3 rings (SSSR count). The molecule has 1 atom stereocenters. The van der Waals surface area contributed by atoms with E-state index in [-0.39, 0.29) is 12.3 Å². The number of aliphatic carboxylic acids is 1. The molecule has 0 radical (unpaired) electrons. The summed E-state index contributed by atoms with van der Waals surface area (Å²) in [5.74, 6) is 0.969. The SMILES string of the molecule is COc1ccccc1OC(=O)N(Cc1ccc(OCCN(C)c2ccccn2)cc1)[C@@H](C)C(=O)O. The van der Waals surface area contributed by atoms with Gasteiger partial charge in [-0.05, 0) is 48.9 Å². The molecule has 3 aromatic rings. The van der Waals surface area contributed by atoms with Crippen molar-refractivity contribution in [3.63, 3.8) is 0 Å². The number of rotatable bonds is 11. The van der Waals surface area contributed by atoms with Crippen LogP contribution in [0.5, 0.6) is 17.2 Å². The van der Waals surface area contributed by atoms with E-state index in [9.17, 15) is 14.7 Å². The van der Waals surface area contributed by atoms with Crippen LogP contribution in [-0.4, -0.2) is 60.4 Å². The molecular weight excluding hydrogens is 450 g/mol. The van der Waals surface area contributed by atoms with Gasteiger partial charge in [0.1, 0.15) is 24.2 Å². The Morgan fingerprint density at radius 2 is 1.69 bits per heavy atom. The van der Waals surface area contributed by atoms with Crippen LogP contribution in [0.15, 0.2) is 72.9 Å². The lowest BCUT2D eigenvalue weighted by Crippen LogP contribution is -2.44. The molecule has 1 heterocycles. The van der Waals surface area contributed by atoms with Crippen molar-refractivity contribution in [2.24, 2.45) is 0 Å². The van der Waals surface area contributed by atoms with Gasteiger partial charge in [0.15, 0.2) is 11.5 Å². The van der Waals surface area contributed by atoms with E-state index < -0.39 is 18.1 Å². The van der Waals surface area contributed by atoms with E-state index in [1.165, 1.54) is 14.0 Å². The molecule has 2 aromatic carbocycles. The normalized spacial score (nSPS) is 11.3. The maximum atomic E-state index is 12.9. The quantitative estimate of drug-likeness (QED) is 0.439. The Bertz CT molecular complexity index is 1110. The molecule has 0 saturated heterocycles. The number of hydrogen-bond acceptors (Lipinski definition) is 7. The minimum absolute atomic E-state index is 0.0458. The molecule has 9 heteroatoms. The number of aromatic nitrogens is 1. The first-order valence-corrected chi connectivity index (χ1v) is 11.1. The minimum atomic E-state index is -1.14. The van der Waals surface area contributed by atoms with E-state index in [0.717, 1.165) is 16.3 Å². The summed E-state index contributed by atoms with van der Waals surface area (Å²) in [7, 11) is 3.40. The van der Waals surface area contributed by atoms with Gasteiger partial charge in [-0.1, -0.05) is 30.3 Å². The largest absolute Gasteiger partial charge is 0.493 e. The zero-order valence-corrected chi connectivity index (χ0v) is 20.0. The minimum Gasteiger partial charge on any atom is -0.493 e. The van der Waals surface area contributed by atoms with Crippen LogP contribution in [0.2, 0.25) is 0 Å². The van der Waals surface area contributed by atoms with Gasteiger partial charge >= 0.3 is 12.1 Å². The summed E-state index contributed by atoms with van der Waals surface area (Å²) >= 11 is 0. The molecule has 0 aliphatic heterocycles. The fraction of sp³-hybridized carbons (Fsp3) is 0.269. The number of carbonyl (C=O) groups excluding carboxylic acids is 1. The van der Waals surface area contributed by atoms with Gasteiger partial charge in [0, 0.05) is 19.8 Å². The second-order valence-electron chi connectivity index (χ2n) is 7.76. The first kappa shape index (κ1) is 25.4. The maximum absolute atomic E-state index is 12.9.